The van der Waals surface area contributed by atoms with Gasteiger partial charge in [-0.2, -0.15) is 5.10 Å². The van der Waals surface area contributed by atoms with E-state index in [1.54, 1.807) is 12.3 Å². The number of H-pyrrole nitrogens is 2. The van der Waals surface area contributed by atoms with Crippen LogP contribution in [0.5, 0.6) is 0 Å². The van der Waals surface area contributed by atoms with Crippen LogP contribution in [0.15, 0.2) is 48.7 Å². The zero-order chi connectivity index (χ0) is 20.7. The first-order valence-corrected chi connectivity index (χ1v) is 10.2. The number of nitrogens with one attached hydrogen (secondary N) is 3. The van der Waals surface area contributed by atoms with Gasteiger partial charge in [-0.15, -0.1) is 0 Å². The number of anilines is 1. The Morgan fingerprint density at radius 2 is 1.90 bits per heavy atom. The summed E-state index contributed by atoms with van der Waals surface area (Å²) in [4.78, 5) is 30.3. The molecule has 2 amide bonds. The van der Waals surface area contributed by atoms with E-state index in [2.05, 4.69) is 20.5 Å². The molecule has 3 heterocycles. The smallest absolute Gasteiger partial charge is 0.270 e. The van der Waals surface area contributed by atoms with Crippen molar-refractivity contribution < 1.29 is 9.59 Å². The number of hydrogen-bond acceptors (Lipinski definition) is 4. The van der Waals surface area contributed by atoms with Gasteiger partial charge in [0.25, 0.3) is 11.8 Å². The number of amides is 2. The molecule has 30 heavy (non-hydrogen) atoms. The Morgan fingerprint density at radius 1 is 1.13 bits per heavy atom. The minimum atomic E-state index is -0.190. The Morgan fingerprint density at radius 3 is 2.60 bits per heavy atom. The molecule has 0 radical (unpaired) electrons. The van der Waals surface area contributed by atoms with Crippen LogP contribution >= 0.6 is 0 Å². The highest BCUT2D eigenvalue weighted by atomic mass is 16.2. The monoisotopic (exact) mass is 404 g/mol. The standard InChI is InChI=1S/C22H24N6O2/c23-19-17(14-5-2-1-3-6-14)18(26-27-19)20(29)25-16-13-22(16)8-11-28(12-9-22)21(30)15-7-4-10-24-15/h1-7,10,16,24H,8-9,11-13H2,(H,25,29)(H3,23,26,27). The highest BCUT2D eigenvalue weighted by Crippen LogP contribution is 2.54. The zero-order valence-electron chi connectivity index (χ0n) is 16.5. The largest absolute Gasteiger partial charge is 0.382 e. The molecule has 1 atom stereocenters. The number of carbonyl (C=O) groups is 2. The van der Waals surface area contributed by atoms with E-state index in [4.69, 9.17) is 5.73 Å². The van der Waals surface area contributed by atoms with Gasteiger partial charge in [0.2, 0.25) is 0 Å². The van der Waals surface area contributed by atoms with Crippen LogP contribution < -0.4 is 11.1 Å². The third-order valence-electron chi connectivity index (χ3n) is 6.45. The summed E-state index contributed by atoms with van der Waals surface area (Å²) in [5, 5.41) is 9.99. The molecule has 1 saturated heterocycles. The number of nitrogens with zero attached hydrogens (tertiary/aromatic N) is 2. The summed E-state index contributed by atoms with van der Waals surface area (Å²) in [6.07, 6.45) is 4.48. The minimum absolute atomic E-state index is 0.0384. The van der Waals surface area contributed by atoms with Crippen molar-refractivity contribution in [2.75, 3.05) is 18.8 Å². The van der Waals surface area contributed by atoms with E-state index in [9.17, 15) is 9.59 Å². The third kappa shape index (κ3) is 3.14. The number of carbonyl (C=O) groups excluding carboxylic acids is 2. The van der Waals surface area contributed by atoms with Crippen LogP contribution in [-0.2, 0) is 0 Å². The quantitative estimate of drug-likeness (QED) is 0.534. The van der Waals surface area contributed by atoms with E-state index >= 15 is 0 Å². The van der Waals surface area contributed by atoms with Gasteiger partial charge in [0.15, 0.2) is 5.82 Å². The number of rotatable bonds is 4. The molecule has 1 spiro atoms. The number of benzene rings is 1. The Balaban J connectivity index is 1.23. The van der Waals surface area contributed by atoms with Crippen LogP contribution in [0.3, 0.4) is 0 Å². The van der Waals surface area contributed by atoms with E-state index in [0.29, 0.717) is 35.9 Å². The van der Waals surface area contributed by atoms with Crippen molar-refractivity contribution in [3.63, 3.8) is 0 Å². The van der Waals surface area contributed by atoms with Crippen LogP contribution in [0.25, 0.3) is 11.1 Å². The Labute approximate surface area is 173 Å². The summed E-state index contributed by atoms with van der Waals surface area (Å²) in [5.74, 6) is 0.161. The first kappa shape index (κ1) is 18.5. The Bertz CT molecular complexity index is 1060. The molecule has 1 saturated carbocycles. The molecule has 5 N–H and O–H groups in total. The second-order valence-corrected chi connectivity index (χ2v) is 8.19. The summed E-state index contributed by atoms with van der Waals surface area (Å²) >= 11 is 0. The number of aromatic amines is 2. The molecular formula is C22H24N6O2. The van der Waals surface area contributed by atoms with Crippen molar-refractivity contribution in [2.24, 2.45) is 5.41 Å². The predicted molar refractivity (Wildman–Crippen MR) is 113 cm³/mol. The van der Waals surface area contributed by atoms with E-state index in [-0.39, 0.29) is 23.3 Å². The minimum Gasteiger partial charge on any atom is -0.382 e. The summed E-state index contributed by atoms with van der Waals surface area (Å²) < 4.78 is 0. The lowest BCUT2D eigenvalue weighted by Crippen LogP contribution is -2.42. The molecule has 8 heteroatoms. The maximum Gasteiger partial charge on any atom is 0.270 e. The maximum absolute atomic E-state index is 12.9. The van der Waals surface area contributed by atoms with Crippen molar-refractivity contribution in [3.8, 4) is 11.1 Å². The van der Waals surface area contributed by atoms with Gasteiger partial charge in [-0.05, 0) is 42.4 Å². The van der Waals surface area contributed by atoms with E-state index in [1.807, 2.05) is 41.3 Å². The fourth-order valence-corrected chi connectivity index (χ4v) is 4.54. The average molecular weight is 404 g/mol. The van der Waals surface area contributed by atoms with Crippen molar-refractivity contribution in [2.45, 2.75) is 25.3 Å². The predicted octanol–water partition coefficient (Wildman–Crippen LogP) is 2.41. The van der Waals surface area contributed by atoms with Crippen molar-refractivity contribution in [3.05, 3.63) is 60.0 Å². The molecule has 154 valence electrons. The van der Waals surface area contributed by atoms with Crippen LogP contribution in [0, 0.1) is 5.41 Å². The lowest BCUT2D eigenvalue weighted by Gasteiger charge is -2.32. The molecule has 1 aliphatic carbocycles. The van der Waals surface area contributed by atoms with Gasteiger partial charge in [-0.25, -0.2) is 0 Å². The molecule has 2 fully saturated rings. The second-order valence-electron chi connectivity index (χ2n) is 8.19. The highest BCUT2D eigenvalue weighted by molar-refractivity contribution is 6.02. The zero-order valence-corrected chi connectivity index (χ0v) is 16.5. The van der Waals surface area contributed by atoms with Crippen molar-refractivity contribution in [1.82, 2.24) is 25.4 Å². The summed E-state index contributed by atoms with van der Waals surface area (Å²) in [6.45, 7) is 1.41. The summed E-state index contributed by atoms with van der Waals surface area (Å²) in [7, 11) is 0. The van der Waals surface area contributed by atoms with E-state index in [1.165, 1.54) is 0 Å². The topological polar surface area (TPSA) is 120 Å². The van der Waals surface area contributed by atoms with Crippen molar-refractivity contribution in [1.29, 1.82) is 0 Å². The van der Waals surface area contributed by atoms with E-state index < -0.39 is 0 Å². The van der Waals surface area contributed by atoms with Gasteiger partial charge in [0.05, 0.1) is 5.56 Å². The molecule has 8 nitrogen and oxygen atoms in total. The molecule has 0 bridgehead atoms. The average Bonchev–Trinajstić information content (AvgIpc) is 3.15. The molecule has 1 unspecified atom stereocenters. The van der Waals surface area contributed by atoms with Gasteiger partial charge < -0.3 is 20.9 Å². The summed E-state index contributed by atoms with van der Waals surface area (Å²) in [5.41, 5.74) is 8.60. The number of nitrogen functional groups attached to an aromatic ring is 1. The lowest BCUT2D eigenvalue weighted by molar-refractivity contribution is 0.0662. The van der Waals surface area contributed by atoms with Gasteiger partial charge in [0.1, 0.15) is 11.4 Å². The SMILES string of the molecule is Nc1n[nH]c(C(=O)NC2CC23CCN(C(=O)c2ccc[nH]2)CC3)c1-c1ccccc1. The van der Waals surface area contributed by atoms with Gasteiger partial charge in [-0.3, -0.25) is 14.7 Å². The second kappa shape index (κ2) is 7.05. The van der Waals surface area contributed by atoms with Crippen LogP contribution in [-0.4, -0.2) is 51.0 Å². The highest BCUT2D eigenvalue weighted by Gasteiger charge is 2.56. The number of hydrogen-bond donors (Lipinski definition) is 4. The normalized spacial score (nSPS) is 19.6. The molecule has 1 aliphatic heterocycles. The number of piperidine rings is 1. The molecule has 2 aromatic heterocycles. The van der Waals surface area contributed by atoms with Gasteiger partial charge in [-0.1, -0.05) is 30.3 Å². The van der Waals surface area contributed by atoms with Crippen LogP contribution in [0.2, 0.25) is 0 Å². The molecule has 5 rings (SSSR count). The fourth-order valence-electron chi connectivity index (χ4n) is 4.54. The van der Waals surface area contributed by atoms with Crippen LogP contribution in [0.4, 0.5) is 5.82 Å². The lowest BCUT2D eigenvalue weighted by atomic mass is 9.92. The van der Waals surface area contributed by atoms with Crippen LogP contribution in [0.1, 0.15) is 40.2 Å². The number of nitrogens with two attached hydrogens (primary N) is 1. The molecule has 3 aromatic rings. The van der Waals surface area contributed by atoms with Gasteiger partial charge in [0, 0.05) is 25.3 Å². The Hall–Kier alpha value is -3.55. The van der Waals surface area contributed by atoms with E-state index in [0.717, 1.165) is 24.8 Å². The molecule has 1 aromatic carbocycles. The third-order valence-corrected chi connectivity index (χ3v) is 6.45. The van der Waals surface area contributed by atoms with Crippen molar-refractivity contribution >= 4 is 17.6 Å². The molecule has 2 aliphatic rings. The molecular weight excluding hydrogens is 380 g/mol. The number of aromatic nitrogens is 3. The van der Waals surface area contributed by atoms with Gasteiger partial charge >= 0.3 is 0 Å². The fraction of sp³-hybridized carbons (Fsp3) is 0.318. The first-order valence-electron chi connectivity index (χ1n) is 10.2. The number of likely N-dealkylation sites (tertiary alicyclic amines) is 1. The Kier molecular flexibility index (Phi) is 4.34. The first-order chi connectivity index (χ1) is 14.6. The summed E-state index contributed by atoms with van der Waals surface area (Å²) in [6, 6.07) is 13.3. The maximum atomic E-state index is 12.9.